The zero-order valence-electron chi connectivity index (χ0n) is 10.3. The molecular weight excluding hydrogens is 266 g/mol. The maximum Gasteiger partial charge on any atom is 0.297 e. The van der Waals surface area contributed by atoms with Crippen LogP contribution >= 0.6 is 11.3 Å². The Kier molecular flexibility index (Phi) is 3.00. The van der Waals surface area contributed by atoms with Crippen molar-refractivity contribution in [2.75, 3.05) is 13.2 Å². The van der Waals surface area contributed by atoms with Crippen LogP contribution in [0, 0.1) is 17.0 Å². The fourth-order valence-corrected chi connectivity index (χ4v) is 2.95. The Hall–Kier alpha value is -1.86. The van der Waals surface area contributed by atoms with Crippen molar-refractivity contribution in [3.05, 3.63) is 33.0 Å². The van der Waals surface area contributed by atoms with E-state index in [0.717, 1.165) is 15.4 Å². The minimum Gasteiger partial charge on any atom is -0.377 e. The third-order valence-electron chi connectivity index (χ3n) is 2.99. The molecule has 0 saturated carbocycles. The number of aryl methyl sites for hydroxylation is 1. The highest BCUT2D eigenvalue weighted by molar-refractivity contribution is 7.18. The lowest BCUT2D eigenvalue weighted by molar-refractivity contribution is -0.385. The standard InChI is InChI=1S/C12H11N3O3S/c1-7-14-11-10(8-2-4-18-5-3-8)9(15(16)17)6-13-12(11)19-7/h2,6H,3-5H2,1H3. The van der Waals surface area contributed by atoms with Gasteiger partial charge in [-0.1, -0.05) is 17.4 Å². The second-order valence-corrected chi connectivity index (χ2v) is 5.40. The van der Waals surface area contributed by atoms with E-state index in [0.29, 0.717) is 30.7 Å². The SMILES string of the molecule is Cc1nc2c(C3=CCOCC3)c([N+](=O)[O-])cnc2s1. The fraction of sp³-hybridized carbons (Fsp3) is 0.333. The van der Waals surface area contributed by atoms with Gasteiger partial charge in [0.15, 0.2) is 0 Å². The monoisotopic (exact) mass is 277 g/mol. The molecule has 0 fully saturated rings. The van der Waals surface area contributed by atoms with E-state index in [2.05, 4.69) is 9.97 Å². The van der Waals surface area contributed by atoms with E-state index in [-0.39, 0.29) is 5.69 Å². The molecule has 0 N–H and O–H groups in total. The summed E-state index contributed by atoms with van der Waals surface area (Å²) in [5, 5.41) is 12.1. The van der Waals surface area contributed by atoms with Gasteiger partial charge >= 0.3 is 0 Å². The number of nitro groups is 1. The Bertz CT molecular complexity index is 693. The molecule has 1 aliphatic heterocycles. The molecule has 3 heterocycles. The third kappa shape index (κ3) is 2.11. The van der Waals surface area contributed by atoms with Crippen LogP contribution in [0.3, 0.4) is 0 Å². The van der Waals surface area contributed by atoms with Gasteiger partial charge < -0.3 is 4.74 Å². The van der Waals surface area contributed by atoms with E-state index in [4.69, 9.17) is 4.74 Å². The number of aromatic nitrogens is 2. The van der Waals surface area contributed by atoms with Crippen LogP contribution in [0.15, 0.2) is 12.3 Å². The predicted molar refractivity (Wildman–Crippen MR) is 72.2 cm³/mol. The molecule has 1 aliphatic rings. The molecular formula is C12H11N3O3S. The summed E-state index contributed by atoms with van der Waals surface area (Å²) in [6.07, 6.45) is 3.88. The Morgan fingerprint density at radius 2 is 2.37 bits per heavy atom. The first kappa shape index (κ1) is 12.2. The summed E-state index contributed by atoms with van der Waals surface area (Å²) < 4.78 is 5.26. The molecule has 0 amide bonds. The second kappa shape index (κ2) is 4.67. The molecule has 0 atom stereocenters. The first-order chi connectivity index (χ1) is 9.16. The van der Waals surface area contributed by atoms with E-state index in [1.165, 1.54) is 17.5 Å². The van der Waals surface area contributed by atoms with Gasteiger partial charge in [0, 0.05) is 0 Å². The van der Waals surface area contributed by atoms with Gasteiger partial charge in [0.1, 0.15) is 16.5 Å². The predicted octanol–water partition coefficient (Wildman–Crippen LogP) is 2.71. The molecule has 3 rings (SSSR count). The van der Waals surface area contributed by atoms with Gasteiger partial charge in [-0.15, -0.1) is 0 Å². The summed E-state index contributed by atoms with van der Waals surface area (Å²) in [5.41, 5.74) is 2.18. The van der Waals surface area contributed by atoms with Crippen LogP contribution in [0.5, 0.6) is 0 Å². The van der Waals surface area contributed by atoms with Gasteiger partial charge in [-0.2, -0.15) is 0 Å². The molecule has 98 valence electrons. The van der Waals surface area contributed by atoms with Crippen LogP contribution in [0.4, 0.5) is 5.69 Å². The van der Waals surface area contributed by atoms with E-state index >= 15 is 0 Å². The zero-order valence-corrected chi connectivity index (χ0v) is 11.1. The Labute approximate surface area is 112 Å². The average Bonchev–Trinajstić information content (AvgIpc) is 2.78. The smallest absolute Gasteiger partial charge is 0.297 e. The molecule has 7 heteroatoms. The number of hydrogen-bond donors (Lipinski definition) is 0. The van der Waals surface area contributed by atoms with E-state index in [1.54, 1.807) is 0 Å². The number of fused-ring (bicyclic) bond motifs is 1. The molecule has 0 bridgehead atoms. The second-order valence-electron chi connectivity index (χ2n) is 4.22. The lowest BCUT2D eigenvalue weighted by Gasteiger charge is -2.13. The summed E-state index contributed by atoms with van der Waals surface area (Å²) in [6.45, 7) is 2.94. The molecule has 19 heavy (non-hydrogen) atoms. The van der Waals surface area contributed by atoms with Crippen molar-refractivity contribution in [1.82, 2.24) is 9.97 Å². The lowest BCUT2D eigenvalue weighted by atomic mass is 10.0. The number of pyridine rings is 1. The Balaban J connectivity index is 2.30. The van der Waals surface area contributed by atoms with Crippen LogP contribution in [0.2, 0.25) is 0 Å². The molecule has 0 spiro atoms. The molecule has 0 saturated heterocycles. The molecule has 6 nitrogen and oxygen atoms in total. The number of nitrogens with zero attached hydrogens (tertiary/aromatic N) is 3. The molecule has 0 unspecified atom stereocenters. The molecule has 0 radical (unpaired) electrons. The van der Waals surface area contributed by atoms with Gasteiger partial charge in [0.05, 0.1) is 28.7 Å². The zero-order chi connectivity index (χ0) is 13.4. The van der Waals surface area contributed by atoms with E-state index in [1.807, 2.05) is 13.0 Å². The first-order valence-corrected chi connectivity index (χ1v) is 6.66. The van der Waals surface area contributed by atoms with E-state index in [9.17, 15) is 10.1 Å². The Morgan fingerprint density at radius 3 is 3.05 bits per heavy atom. The van der Waals surface area contributed by atoms with Gasteiger partial charge in [-0.25, -0.2) is 9.97 Å². The Morgan fingerprint density at radius 1 is 1.53 bits per heavy atom. The maximum atomic E-state index is 11.2. The van der Waals surface area contributed by atoms with Gasteiger partial charge in [0.2, 0.25) is 0 Å². The van der Waals surface area contributed by atoms with Crippen LogP contribution in [-0.4, -0.2) is 28.1 Å². The summed E-state index contributed by atoms with van der Waals surface area (Å²) in [5.74, 6) is 0. The van der Waals surface area contributed by atoms with Crippen molar-refractivity contribution in [1.29, 1.82) is 0 Å². The van der Waals surface area contributed by atoms with Gasteiger partial charge in [-0.05, 0) is 18.9 Å². The topological polar surface area (TPSA) is 78.2 Å². The van der Waals surface area contributed by atoms with Crippen molar-refractivity contribution in [3.8, 4) is 0 Å². The minimum absolute atomic E-state index is 0.0194. The highest BCUT2D eigenvalue weighted by Crippen LogP contribution is 2.36. The number of rotatable bonds is 2. The quantitative estimate of drug-likeness (QED) is 0.623. The number of ether oxygens (including phenoxy) is 1. The molecule has 2 aromatic heterocycles. The summed E-state index contributed by atoms with van der Waals surface area (Å²) in [4.78, 5) is 20.1. The van der Waals surface area contributed by atoms with Gasteiger partial charge in [-0.3, -0.25) is 10.1 Å². The van der Waals surface area contributed by atoms with Crippen LogP contribution < -0.4 is 0 Å². The largest absolute Gasteiger partial charge is 0.377 e. The highest BCUT2D eigenvalue weighted by atomic mass is 32.1. The van der Waals surface area contributed by atoms with Crippen molar-refractivity contribution in [2.24, 2.45) is 0 Å². The summed E-state index contributed by atoms with van der Waals surface area (Å²) in [7, 11) is 0. The number of thiazole rings is 1. The normalized spacial score (nSPS) is 15.5. The average molecular weight is 277 g/mol. The van der Waals surface area contributed by atoms with Crippen molar-refractivity contribution in [3.63, 3.8) is 0 Å². The summed E-state index contributed by atoms with van der Waals surface area (Å²) in [6, 6.07) is 0. The van der Waals surface area contributed by atoms with Crippen molar-refractivity contribution >= 4 is 32.9 Å². The van der Waals surface area contributed by atoms with Crippen molar-refractivity contribution < 1.29 is 9.66 Å². The maximum absolute atomic E-state index is 11.2. The van der Waals surface area contributed by atoms with E-state index < -0.39 is 4.92 Å². The highest BCUT2D eigenvalue weighted by Gasteiger charge is 2.24. The van der Waals surface area contributed by atoms with Crippen LogP contribution in [0.1, 0.15) is 17.0 Å². The van der Waals surface area contributed by atoms with Crippen molar-refractivity contribution in [2.45, 2.75) is 13.3 Å². The van der Waals surface area contributed by atoms with Gasteiger partial charge in [0.25, 0.3) is 5.69 Å². The minimum atomic E-state index is -0.396. The fourth-order valence-electron chi connectivity index (χ4n) is 2.18. The third-order valence-corrected chi connectivity index (χ3v) is 3.87. The molecule has 0 aromatic carbocycles. The lowest BCUT2D eigenvalue weighted by Crippen LogP contribution is -2.06. The first-order valence-electron chi connectivity index (χ1n) is 5.84. The number of hydrogen-bond acceptors (Lipinski definition) is 6. The van der Waals surface area contributed by atoms with Crippen LogP contribution in [0.25, 0.3) is 15.9 Å². The molecule has 2 aromatic rings. The summed E-state index contributed by atoms with van der Waals surface area (Å²) >= 11 is 1.45. The van der Waals surface area contributed by atoms with Crippen LogP contribution in [-0.2, 0) is 4.74 Å². The molecule has 0 aliphatic carbocycles.